The Morgan fingerprint density at radius 1 is 1.12 bits per heavy atom. The molecule has 0 fully saturated rings. The molecule has 1 aliphatic heterocycles. The van der Waals surface area contributed by atoms with Crippen LogP contribution in [0.15, 0.2) is 60.8 Å². The highest BCUT2D eigenvalue weighted by Crippen LogP contribution is 2.30. The van der Waals surface area contributed by atoms with Crippen LogP contribution in [0.2, 0.25) is 0 Å². The summed E-state index contributed by atoms with van der Waals surface area (Å²) in [6, 6.07) is 19.4. The lowest BCUT2D eigenvalue weighted by Crippen LogP contribution is -2.27. The number of rotatable bonds is 5. The molecule has 0 spiro atoms. The third kappa shape index (κ3) is 3.30. The van der Waals surface area contributed by atoms with E-state index in [-0.39, 0.29) is 0 Å². The molecular formula is C21H23N3O. The Labute approximate surface area is 148 Å². The van der Waals surface area contributed by atoms with Crippen LogP contribution in [0.5, 0.6) is 5.75 Å². The molecule has 1 aromatic heterocycles. The molecular weight excluding hydrogens is 310 g/mol. The zero-order valence-corrected chi connectivity index (χ0v) is 14.5. The van der Waals surface area contributed by atoms with E-state index in [0.717, 1.165) is 24.4 Å². The number of aryl methyl sites for hydroxylation is 1. The summed E-state index contributed by atoms with van der Waals surface area (Å²) >= 11 is 0. The number of methoxy groups -OCH3 is 1. The maximum atomic E-state index is 5.46. The second-order valence-corrected chi connectivity index (χ2v) is 6.45. The quantitative estimate of drug-likeness (QED) is 0.761. The molecule has 3 aromatic rings. The number of ether oxygens (including phenoxy) is 1. The minimum absolute atomic E-state index is 0.394. The van der Waals surface area contributed by atoms with Gasteiger partial charge < -0.3 is 10.1 Å². The SMILES string of the molecule is COc1ccccc1-c1ccc(CNC2CCCn3nccc32)cc1. The zero-order valence-electron chi connectivity index (χ0n) is 14.5. The van der Waals surface area contributed by atoms with E-state index >= 15 is 0 Å². The first-order valence-electron chi connectivity index (χ1n) is 8.82. The normalized spacial score (nSPS) is 16.4. The minimum atomic E-state index is 0.394. The van der Waals surface area contributed by atoms with Crippen molar-refractivity contribution < 1.29 is 4.74 Å². The molecule has 1 N–H and O–H groups in total. The van der Waals surface area contributed by atoms with Crippen LogP contribution in [0, 0.1) is 0 Å². The Morgan fingerprint density at radius 2 is 1.96 bits per heavy atom. The highest BCUT2D eigenvalue weighted by Gasteiger charge is 2.19. The molecule has 0 bridgehead atoms. The van der Waals surface area contributed by atoms with Crippen molar-refractivity contribution in [1.82, 2.24) is 15.1 Å². The van der Waals surface area contributed by atoms with Crippen LogP contribution >= 0.6 is 0 Å². The molecule has 4 rings (SSSR count). The van der Waals surface area contributed by atoms with Crippen LogP contribution in [0.1, 0.15) is 30.1 Å². The molecule has 1 unspecified atom stereocenters. The van der Waals surface area contributed by atoms with Crippen LogP contribution in [0.3, 0.4) is 0 Å². The second-order valence-electron chi connectivity index (χ2n) is 6.45. The summed E-state index contributed by atoms with van der Waals surface area (Å²) in [7, 11) is 1.71. The smallest absolute Gasteiger partial charge is 0.126 e. The first-order chi connectivity index (χ1) is 12.3. The van der Waals surface area contributed by atoms with E-state index in [1.54, 1.807) is 7.11 Å². The number of nitrogens with one attached hydrogen (secondary N) is 1. The fourth-order valence-corrected chi connectivity index (χ4v) is 3.55. The topological polar surface area (TPSA) is 39.1 Å². The standard InChI is InChI=1S/C21H23N3O/c1-25-21-7-3-2-5-18(21)17-10-8-16(9-11-17)15-22-19-6-4-14-24-20(19)12-13-23-24/h2-3,5,7-13,19,22H,4,6,14-15H2,1H3. The van der Waals surface area contributed by atoms with Crippen molar-refractivity contribution in [2.24, 2.45) is 0 Å². The third-order valence-electron chi connectivity index (χ3n) is 4.89. The summed E-state index contributed by atoms with van der Waals surface area (Å²) < 4.78 is 7.58. The predicted octanol–water partition coefficient (Wildman–Crippen LogP) is 4.18. The van der Waals surface area contributed by atoms with Gasteiger partial charge >= 0.3 is 0 Å². The number of nitrogens with zero attached hydrogens (tertiary/aromatic N) is 2. The number of aromatic nitrogens is 2. The van der Waals surface area contributed by atoms with Crippen molar-refractivity contribution in [2.75, 3.05) is 7.11 Å². The Kier molecular flexibility index (Phi) is 4.53. The average molecular weight is 333 g/mol. The summed E-state index contributed by atoms with van der Waals surface area (Å²) in [6.07, 6.45) is 4.25. The van der Waals surface area contributed by atoms with Gasteiger partial charge in [0, 0.05) is 30.9 Å². The molecule has 1 atom stereocenters. The van der Waals surface area contributed by atoms with Gasteiger partial charge in [-0.1, -0.05) is 42.5 Å². The fraction of sp³-hybridized carbons (Fsp3) is 0.286. The van der Waals surface area contributed by atoms with Crippen LogP contribution in [0.25, 0.3) is 11.1 Å². The molecule has 1 aliphatic rings. The number of para-hydroxylation sites is 1. The van der Waals surface area contributed by atoms with Crippen molar-refractivity contribution in [3.63, 3.8) is 0 Å². The first-order valence-corrected chi connectivity index (χ1v) is 8.82. The third-order valence-corrected chi connectivity index (χ3v) is 4.89. The number of hydrogen-bond donors (Lipinski definition) is 1. The summed E-state index contributed by atoms with van der Waals surface area (Å²) in [5.41, 5.74) is 4.89. The van der Waals surface area contributed by atoms with E-state index in [2.05, 4.69) is 51.5 Å². The van der Waals surface area contributed by atoms with E-state index in [9.17, 15) is 0 Å². The van der Waals surface area contributed by atoms with Gasteiger partial charge in [-0.05, 0) is 36.1 Å². The Bertz CT molecular complexity index is 838. The fourth-order valence-electron chi connectivity index (χ4n) is 3.55. The lowest BCUT2D eigenvalue weighted by molar-refractivity contribution is 0.374. The van der Waals surface area contributed by atoms with Gasteiger partial charge in [-0.25, -0.2) is 0 Å². The molecule has 0 aliphatic carbocycles. The Balaban J connectivity index is 1.45. The van der Waals surface area contributed by atoms with Gasteiger partial charge in [-0.3, -0.25) is 4.68 Å². The van der Waals surface area contributed by atoms with Crippen LogP contribution in [-0.4, -0.2) is 16.9 Å². The van der Waals surface area contributed by atoms with Crippen molar-refractivity contribution in [3.8, 4) is 16.9 Å². The molecule has 0 amide bonds. The Morgan fingerprint density at radius 3 is 2.80 bits per heavy atom. The van der Waals surface area contributed by atoms with Crippen LogP contribution < -0.4 is 10.1 Å². The maximum absolute atomic E-state index is 5.46. The molecule has 4 nitrogen and oxygen atoms in total. The molecule has 0 saturated carbocycles. The van der Waals surface area contributed by atoms with E-state index in [0.29, 0.717) is 6.04 Å². The monoisotopic (exact) mass is 333 g/mol. The maximum Gasteiger partial charge on any atom is 0.126 e. The number of hydrogen-bond acceptors (Lipinski definition) is 3. The molecule has 2 aromatic carbocycles. The summed E-state index contributed by atoms with van der Waals surface area (Å²) in [5.74, 6) is 0.906. The van der Waals surface area contributed by atoms with Crippen molar-refractivity contribution in [2.45, 2.75) is 32.0 Å². The number of benzene rings is 2. The number of fused-ring (bicyclic) bond motifs is 1. The van der Waals surface area contributed by atoms with E-state index in [1.165, 1.54) is 29.7 Å². The van der Waals surface area contributed by atoms with Gasteiger partial charge in [0.25, 0.3) is 0 Å². The van der Waals surface area contributed by atoms with Crippen LogP contribution in [-0.2, 0) is 13.1 Å². The van der Waals surface area contributed by atoms with Crippen molar-refractivity contribution in [1.29, 1.82) is 0 Å². The first kappa shape index (κ1) is 15.9. The van der Waals surface area contributed by atoms with E-state index in [4.69, 9.17) is 4.74 Å². The van der Waals surface area contributed by atoms with E-state index in [1.807, 2.05) is 24.4 Å². The minimum Gasteiger partial charge on any atom is -0.496 e. The summed E-state index contributed by atoms with van der Waals surface area (Å²) in [5, 5.41) is 8.06. The molecule has 0 radical (unpaired) electrons. The highest BCUT2D eigenvalue weighted by molar-refractivity contribution is 5.70. The van der Waals surface area contributed by atoms with Gasteiger partial charge in [0.1, 0.15) is 5.75 Å². The lowest BCUT2D eigenvalue weighted by atomic mass is 10.0. The zero-order chi connectivity index (χ0) is 17.1. The van der Waals surface area contributed by atoms with Gasteiger partial charge in [0.05, 0.1) is 12.8 Å². The van der Waals surface area contributed by atoms with Gasteiger partial charge in [-0.15, -0.1) is 0 Å². The van der Waals surface area contributed by atoms with Crippen molar-refractivity contribution >= 4 is 0 Å². The molecule has 128 valence electrons. The van der Waals surface area contributed by atoms with Crippen LogP contribution in [0.4, 0.5) is 0 Å². The van der Waals surface area contributed by atoms with Gasteiger partial charge in [0.15, 0.2) is 0 Å². The average Bonchev–Trinajstić information content (AvgIpc) is 3.16. The van der Waals surface area contributed by atoms with Gasteiger partial charge in [0.2, 0.25) is 0 Å². The van der Waals surface area contributed by atoms with Gasteiger partial charge in [-0.2, -0.15) is 5.10 Å². The highest BCUT2D eigenvalue weighted by atomic mass is 16.5. The molecule has 4 heteroatoms. The predicted molar refractivity (Wildman–Crippen MR) is 99.5 cm³/mol. The summed E-state index contributed by atoms with van der Waals surface area (Å²) in [6.45, 7) is 1.90. The molecule has 2 heterocycles. The largest absolute Gasteiger partial charge is 0.496 e. The Hall–Kier alpha value is -2.59. The second kappa shape index (κ2) is 7.11. The lowest BCUT2D eigenvalue weighted by Gasteiger charge is -2.24. The summed E-state index contributed by atoms with van der Waals surface area (Å²) in [4.78, 5) is 0. The van der Waals surface area contributed by atoms with Crippen molar-refractivity contribution in [3.05, 3.63) is 72.1 Å². The van der Waals surface area contributed by atoms with E-state index < -0.39 is 0 Å². The molecule has 0 saturated heterocycles. The molecule has 25 heavy (non-hydrogen) atoms.